The number of nitrogens with one attached hydrogen (secondary N) is 1. The minimum absolute atomic E-state index is 0.307. The van der Waals surface area contributed by atoms with E-state index in [2.05, 4.69) is 32.3 Å². The lowest BCUT2D eigenvalue weighted by Gasteiger charge is -2.31. The Kier molecular flexibility index (Phi) is 5.29. The van der Waals surface area contributed by atoms with Gasteiger partial charge in [-0.15, -0.1) is 0 Å². The molecule has 0 aliphatic carbocycles. The molecule has 0 bridgehead atoms. The molecule has 0 unspecified atom stereocenters. The molecule has 148 valence electrons. The van der Waals surface area contributed by atoms with Crippen molar-refractivity contribution in [1.82, 2.24) is 9.97 Å². The van der Waals surface area contributed by atoms with Gasteiger partial charge in [0.2, 0.25) is 0 Å². The molecule has 29 heavy (non-hydrogen) atoms. The summed E-state index contributed by atoms with van der Waals surface area (Å²) in [5.41, 5.74) is 10.3. The summed E-state index contributed by atoms with van der Waals surface area (Å²) in [6.45, 7) is 2.91. The van der Waals surface area contributed by atoms with Crippen molar-refractivity contribution in [3.05, 3.63) is 66.0 Å². The summed E-state index contributed by atoms with van der Waals surface area (Å²) in [5, 5.41) is 3.18. The SMILES string of the molecule is CCOC(=O)c1ccccc1Nc1ncnc(N2CCCc3ccccc32)c1N. The number of para-hydroxylation sites is 2. The monoisotopic (exact) mass is 389 g/mol. The number of nitrogens with two attached hydrogens (primary N) is 1. The summed E-state index contributed by atoms with van der Waals surface area (Å²) >= 11 is 0. The molecule has 1 aliphatic rings. The lowest BCUT2D eigenvalue weighted by atomic mass is 10.0. The zero-order valence-corrected chi connectivity index (χ0v) is 16.3. The maximum Gasteiger partial charge on any atom is 0.340 e. The molecule has 4 rings (SSSR count). The van der Waals surface area contributed by atoms with E-state index >= 15 is 0 Å². The summed E-state index contributed by atoms with van der Waals surface area (Å²) in [7, 11) is 0. The number of nitrogens with zero attached hydrogens (tertiary/aromatic N) is 3. The molecule has 7 heteroatoms. The largest absolute Gasteiger partial charge is 0.462 e. The van der Waals surface area contributed by atoms with E-state index in [0.717, 1.165) is 25.1 Å². The average molecular weight is 389 g/mol. The zero-order valence-electron chi connectivity index (χ0n) is 16.3. The molecule has 0 saturated heterocycles. The van der Waals surface area contributed by atoms with Crippen molar-refractivity contribution >= 4 is 34.7 Å². The number of hydrogen-bond donors (Lipinski definition) is 2. The second-order valence-corrected chi connectivity index (χ2v) is 6.73. The highest BCUT2D eigenvalue weighted by Crippen LogP contribution is 2.37. The number of benzene rings is 2. The first-order valence-corrected chi connectivity index (χ1v) is 9.68. The second-order valence-electron chi connectivity index (χ2n) is 6.73. The predicted molar refractivity (Wildman–Crippen MR) is 114 cm³/mol. The van der Waals surface area contributed by atoms with E-state index < -0.39 is 5.97 Å². The number of anilines is 5. The molecule has 3 aromatic rings. The van der Waals surface area contributed by atoms with Gasteiger partial charge < -0.3 is 20.7 Å². The maximum atomic E-state index is 12.3. The quantitative estimate of drug-likeness (QED) is 0.636. The van der Waals surface area contributed by atoms with Crippen LogP contribution in [0.15, 0.2) is 54.9 Å². The number of hydrogen-bond acceptors (Lipinski definition) is 7. The van der Waals surface area contributed by atoms with Gasteiger partial charge in [-0.3, -0.25) is 0 Å². The number of aromatic nitrogens is 2. The van der Waals surface area contributed by atoms with E-state index in [-0.39, 0.29) is 0 Å². The van der Waals surface area contributed by atoms with Crippen molar-refractivity contribution in [2.75, 3.05) is 29.1 Å². The zero-order chi connectivity index (χ0) is 20.2. The minimum Gasteiger partial charge on any atom is -0.462 e. The molecule has 7 nitrogen and oxygen atoms in total. The van der Waals surface area contributed by atoms with Gasteiger partial charge in [0.15, 0.2) is 11.6 Å². The first-order chi connectivity index (χ1) is 14.2. The van der Waals surface area contributed by atoms with Crippen LogP contribution in [-0.4, -0.2) is 29.1 Å². The summed E-state index contributed by atoms with van der Waals surface area (Å²) < 4.78 is 5.14. The highest BCUT2D eigenvalue weighted by molar-refractivity contribution is 5.97. The molecule has 0 fully saturated rings. The third-order valence-electron chi connectivity index (χ3n) is 4.90. The average Bonchev–Trinajstić information content (AvgIpc) is 2.75. The van der Waals surface area contributed by atoms with Crippen LogP contribution < -0.4 is 16.0 Å². The Morgan fingerprint density at radius 2 is 1.97 bits per heavy atom. The van der Waals surface area contributed by atoms with Crippen LogP contribution in [0.3, 0.4) is 0 Å². The summed E-state index contributed by atoms with van der Waals surface area (Å²) in [5.74, 6) is 0.714. The van der Waals surface area contributed by atoms with Crippen LogP contribution in [0.2, 0.25) is 0 Å². The van der Waals surface area contributed by atoms with Gasteiger partial charge in [0, 0.05) is 12.2 Å². The molecule has 0 radical (unpaired) electrons. The molecular weight excluding hydrogens is 366 g/mol. The van der Waals surface area contributed by atoms with Crippen LogP contribution in [0.1, 0.15) is 29.3 Å². The number of ether oxygens (including phenoxy) is 1. The first kappa shape index (κ1) is 18.7. The summed E-state index contributed by atoms with van der Waals surface area (Å²) in [6.07, 6.45) is 3.54. The predicted octanol–water partition coefficient (Wildman–Crippen LogP) is 4.06. The van der Waals surface area contributed by atoms with Gasteiger partial charge in [-0.25, -0.2) is 14.8 Å². The van der Waals surface area contributed by atoms with Crippen LogP contribution in [0, 0.1) is 0 Å². The number of nitrogen functional groups attached to an aromatic ring is 1. The van der Waals surface area contributed by atoms with E-state index in [4.69, 9.17) is 10.5 Å². The number of fused-ring (bicyclic) bond motifs is 1. The van der Waals surface area contributed by atoms with Gasteiger partial charge in [0.25, 0.3) is 0 Å². The first-order valence-electron chi connectivity index (χ1n) is 9.68. The standard InChI is InChI=1S/C22H23N5O2/c1-2-29-22(28)16-10-4-5-11-17(16)26-20-19(23)21(25-14-24-20)27-13-7-9-15-8-3-6-12-18(15)27/h3-6,8,10-12,14H,2,7,9,13,23H2,1H3,(H,24,25,26). The highest BCUT2D eigenvalue weighted by Gasteiger charge is 2.23. The molecule has 3 N–H and O–H groups in total. The van der Waals surface area contributed by atoms with Crippen molar-refractivity contribution < 1.29 is 9.53 Å². The smallest absolute Gasteiger partial charge is 0.340 e. The Morgan fingerprint density at radius 3 is 2.83 bits per heavy atom. The van der Waals surface area contributed by atoms with Gasteiger partial charge in [-0.1, -0.05) is 30.3 Å². The molecule has 0 atom stereocenters. The normalized spacial score (nSPS) is 12.9. The Bertz CT molecular complexity index is 1040. The van der Waals surface area contributed by atoms with Gasteiger partial charge in [0.05, 0.1) is 17.9 Å². The lowest BCUT2D eigenvalue weighted by molar-refractivity contribution is 0.0527. The highest BCUT2D eigenvalue weighted by atomic mass is 16.5. The Morgan fingerprint density at radius 1 is 1.17 bits per heavy atom. The topological polar surface area (TPSA) is 93.4 Å². The molecular formula is C22H23N5O2. The number of rotatable bonds is 5. The number of carbonyl (C=O) groups is 1. The molecule has 1 aliphatic heterocycles. The summed E-state index contributed by atoms with van der Waals surface area (Å²) in [4.78, 5) is 23.1. The van der Waals surface area contributed by atoms with Crippen LogP contribution in [-0.2, 0) is 11.2 Å². The molecule has 2 aromatic carbocycles. The lowest BCUT2D eigenvalue weighted by Crippen LogP contribution is -2.26. The molecule has 0 spiro atoms. The fraction of sp³-hybridized carbons (Fsp3) is 0.227. The molecule has 0 amide bonds. The minimum atomic E-state index is -0.395. The number of aryl methyl sites for hydroxylation is 1. The Balaban J connectivity index is 1.69. The van der Waals surface area contributed by atoms with Crippen molar-refractivity contribution in [2.45, 2.75) is 19.8 Å². The fourth-order valence-electron chi connectivity index (χ4n) is 3.56. The van der Waals surface area contributed by atoms with Crippen LogP contribution in [0.4, 0.5) is 28.7 Å². The van der Waals surface area contributed by atoms with E-state index in [9.17, 15) is 4.79 Å². The van der Waals surface area contributed by atoms with Crippen molar-refractivity contribution in [1.29, 1.82) is 0 Å². The fourth-order valence-corrected chi connectivity index (χ4v) is 3.56. The molecule has 0 saturated carbocycles. The summed E-state index contributed by atoms with van der Waals surface area (Å²) in [6, 6.07) is 15.4. The van der Waals surface area contributed by atoms with E-state index in [1.165, 1.54) is 11.9 Å². The van der Waals surface area contributed by atoms with Crippen molar-refractivity contribution in [3.8, 4) is 0 Å². The third-order valence-corrected chi connectivity index (χ3v) is 4.90. The third kappa shape index (κ3) is 3.71. The van der Waals surface area contributed by atoms with Gasteiger partial charge in [-0.2, -0.15) is 0 Å². The molecule has 1 aromatic heterocycles. The van der Waals surface area contributed by atoms with Crippen LogP contribution >= 0.6 is 0 Å². The number of carbonyl (C=O) groups excluding carboxylic acids is 1. The Hall–Kier alpha value is -3.61. The van der Waals surface area contributed by atoms with Crippen LogP contribution in [0.5, 0.6) is 0 Å². The van der Waals surface area contributed by atoms with E-state index in [1.807, 2.05) is 18.2 Å². The second kappa shape index (κ2) is 8.18. The Labute approximate surface area is 169 Å². The van der Waals surface area contributed by atoms with Gasteiger partial charge in [-0.05, 0) is 43.5 Å². The van der Waals surface area contributed by atoms with Gasteiger partial charge in [0.1, 0.15) is 12.0 Å². The van der Waals surface area contributed by atoms with E-state index in [1.54, 1.807) is 25.1 Å². The van der Waals surface area contributed by atoms with E-state index in [0.29, 0.717) is 35.2 Å². The van der Waals surface area contributed by atoms with Gasteiger partial charge >= 0.3 is 5.97 Å². The number of esters is 1. The molecule has 2 heterocycles. The van der Waals surface area contributed by atoms with Crippen molar-refractivity contribution in [2.24, 2.45) is 0 Å². The van der Waals surface area contributed by atoms with Crippen molar-refractivity contribution in [3.63, 3.8) is 0 Å². The maximum absolute atomic E-state index is 12.3. The van der Waals surface area contributed by atoms with Crippen LogP contribution in [0.25, 0.3) is 0 Å².